The van der Waals surface area contributed by atoms with Crippen LogP contribution in [0.5, 0.6) is 0 Å². The SMILES string of the molecule is NC(=O)[C@H]1NCCC[C@H](N(C(=O)CC2CCCCC2)S(=O)(=O)c2ccccn2)C1=O. The van der Waals surface area contributed by atoms with Gasteiger partial charge in [-0.1, -0.05) is 25.3 Å². The van der Waals surface area contributed by atoms with Crippen LogP contribution >= 0.6 is 0 Å². The second kappa shape index (κ2) is 9.65. The number of aromatic nitrogens is 1. The largest absolute Gasteiger partial charge is 0.368 e. The Kier molecular flexibility index (Phi) is 7.19. The fourth-order valence-corrected chi connectivity index (χ4v) is 5.79. The van der Waals surface area contributed by atoms with E-state index in [-0.39, 0.29) is 23.8 Å². The van der Waals surface area contributed by atoms with E-state index in [0.717, 1.165) is 32.1 Å². The van der Waals surface area contributed by atoms with Gasteiger partial charge in [0.2, 0.25) is 11.8 Å². The van der Waals surface area contributed by atoms with E-state index in [0.29, 0.717) is 17.3 Å². The van der Waals surface area contributed by atoms with Crippen LogP contribution in [0.2, 0.25) is 0 Å². The molecule has 2 amide bonds. The van der Waals surface area contributed by atoms with E-state index in [1.165, 1.54) is 18.3 Å². The molecular weight excluding hydrogens is 408 g/mol. The highest BCUT2D eigenvalue weighted by Gasteiger charge is 2.44. The number of hydrogen-bond donors (Lipinski definition) is 2. The van der Waals surface area contributed by atoms with Crippen LogP contribution < -0.4 is 11.1 Å². The van der Waals surface area contributed by atoms with E-state index in [4.69, 9.17) is 5.73 Å². The van der Waals surface area contributed by atoms with Crippen molar-refractivity contribution in [2.75, 3.05) is 6.54 Å². The molecule has 3 rings (SSSR count). The molecule has 1 saturated carbocycles. The summed E-state index contributed by atoms with van der Waals surface area (Å²) in [5.41, 5.74) is 5.35. The average Bonchev–Trinajstić information content (AvgIpc) is 2.91. The van der Waals surface area contributed by atoms with Gasteiger partial charge in [0, 0.05) is 12.6 Å². The molecule has 1 aromatic heterocycles. The summed E-state index contributed by atoms with van der Waals surface area (Å²) in [5, 5.41) is 2.45. The topological polar surface area (TPSA) is 140 Å². The zero-order valence-corrected chi connectivity index (χ0v) is 17.6. The zero-order valence-electron chi connectivity index (χ0n) is 16.8. The molecule has 9 nitrogen and oxygen atoms in total. The number of hydrogen-bond acceptors (Lipinski definition) is 7. The van der Waals surface area contributed by atoms with Crippen LogP contribution in [0.4, 0.5) is 0 Å². The summed E-state index contributed by atoms with van der Waals surface area (Å²) < 4.78 is 27.5. The number of pyridine rings is 1. The molecule has 1 aromatic rings. The van der Waals surface area contributed by atoms with Gasteiger partial charge in [-0.2, -0.15) is 8.42 Å². The third kappa shape index (κ3) is 4.86. The van der Waals surface area contributed by atoms with Gasteiger partial charge in [-0.3, -0.25) is 19.7 Å². The first kappa shape index (κ1) is 22.4. The predicted octanol–water partition coefficient (Wildman–Crippen LogP) is 0.744. The van der Waals surface area contributed by atoms with Crippen molar-refractivity contribution in [3.05, 3.63) is 24.4 Å². The summed E-state index contributed by atoms with van der Waals surface area (Å²) in [6.07, 6.45) is 6.73. The zero-order chi connectivity index (χ0) is 21.7. The van der Waals surface area contributed by atoms with Gasteiger partial charge < -0.3 is 5.73 Å². The quantitative estimate of drug-likeness (QED) is 0.627. The number of nitrogens with zero attached hydrogens (tertiary/aromatic N) is 2. The van der Waals surface area contributed by atoms with Gasteiger partial charge in [0.25, 0.3) is 10.0 Å². The number of primary amides is 1. The van der Waals surface area contributed by atoms with Crippen molar-refractivity contribution in [3.8, 4) is 0 Å². The summed E-state index contributed by atoms with van der Waals surface area (Å²) in [7, 11) is -4.38. The number of Topliss-reactive ketones (excluding diaryl/α,β-unsaturated/α-hetero) is 1. The Hall–Kier alpha value is -2.33. The fourth-order valence-electron chi connectivity index (χ4n) is 4.25. The van der Waals surface area contributed by atoms with E-state index < -0.39 is 39.7 Å². The van der Waals surface area contributed by atoms with E-state index in [9.17, 15) is 22.8 Å². The summed E-state index contributed by atoms with van der Waals surface area (Å²) in [4.78, 5) is 42.0. The molecule has 2 atom stereocenters. The van der Waals surface area contributed by atoms with Crippen LogP contribution in [0.1, 0.15) is 51.4 Å². The summed E-state index contributed by atoms with van der Waals surface area (Å²) in [6, 6.07) is 1.74. The molecule has 2 heterocycles. The third-order valence-electron chi connectivity index (χ3n) is 5.78. The van der Waals surface area contributed by atoms with Crippen LogP contribution in [0.15, 0.2) is 29.4 Å². The van der Waals surface area contributed by atoms with Crippen molar-refractivity contribution in [3.63, 3.8) is 0 Å². The second-order valence-electron chi connectivity index (χ2n) is 7.92. The Morgan fingerprint density at radius 1 is 1.13 bits per heavy atom. The molecule has 1 aliphatic carbocycles. The van der Waals surface area contributed by atoms with Crippen molar-refractivity contribution in [2.45, 2.75) is 68.5 Å². The smallest absolute Gasteiger partial charge is 0.284 e. The van der Waals surface area contributed by atoms with Crippen molar-refractivity contribution in [1.29, 1.82) is 0 Å². The minimum absolute atomic E-state index is 0.0461. The van der Waals surface area contributed by atoms with Crippen LogP contribution in [0.3, 0.4) is 0 Å². The van der Waals surface area contributed by atoms with E-state index in [2.05, 4.69) is 10.3 Å². The molecule has 3 N–H and O–H groups in total. The molecule has 30 heavy (non-hydrogen) atoms. The highest BCUT2D eigenvalue weighted by Crippen LogP contribution is 2.30. The monoisotopic (exact) mass is 436 g/mol. The van der Waals surface area contributed by atoms with Crippen molar-refractivity contribution < 1.29 is 22.8 Å². The van der Waals surface area contributed by atoms with Crippen LogP contribution in [0.25, 0.3) is 0 Å². The molecule has 2 aliphatic rings. The summed E-state index contributed by atoms with van der Waals surface area (Å²) in [6.45, 7) is 0.324. The molecule has 2 fully saturated rings. The van der Waals surface area contributed by atoms with Crippen LogP contribution in [0, 0.1) is 5.92 Å². The van der Waals surface area contributed by atoms with Gasteiger partial charge >= 0.3 is 0 Å². The number of sulfonamides is 1. The Bertz CT molecular complexity index is 884. The lowest BCUT2D eigenvalue weighted by atomic mass is 9.86. The summed E-state index contributed by atoms with van der Waals surface area (Å²) >= 11 is 0. The molecule has 10 heteroatoms. The van der Waals surface area contributed by atoms with Crippen molar-refractivity contribution in [1.82, 2.24) is 14.6 Å². The number of nitrogens with two attached hydrogens (primary N) is 1. The Morgan fingerprint density at radius 3 is 2.50 bits per heavy atom. The molecule has 1 aliphatic heterocycles. The highest BCUT2D eigenvalue weighted by molar-refractivity contribution is 7.89. The van der Waals surface area contributed by atoms with Crippen LogP contribution in [-0.4, -0.2) is 53.9 Å². The maximum absolute atomic E-state index is 13.4. The van der Waals surface area contributed by atoms with Gasteiger partial charge in [0.05, 0.1) is 0 Å². The van der Waals surface area contributed by atoms with Crippen LogP contribution in [-0.2, 0) is 24.4 Å². The maximum Gasteiger partial charge on any atom is 0.284 e. The van der Waals surface area contributed by atoms with E-state index in [1.807, 2.05) is 0 Å². The molecule has 1 saturated heterocycles. The van der Waals surface area contributed by atoms with Crippen molar-refractivity contribution in [2.24, 2.45) is 11.7 Å². The second-order valence-corrected chi connectivity index (χ2v) is 9.68. The number of rotatable bonds is 6. The minimum atomic E-state index is -4.38. The van der Waals surface area contributed by atoms with E-state index in [1.54, 1.807) is 6.07 Å². The molecule has 0 radical (unpaired) electrons. The maximum atomic E-state index is 13.4. The van der Waals surface area contributed by atoms with Gasteiger partial charge in [-0.25, -0.2) is 9.29 Å². The number of nitrogens with one attached hydrogen (secondary N) is 1. The number of carbonyl (C=O) groups is 3. The lowest BCUT2D eigenvalue weighted by Gasteiger charge is -2.31. The molecule has 0 bridgehead atoms. The molecule has 0 unspecified atom stereocenters. The van der Waals surface area contributed by atoms with E-state index >= 15 is 0 Å². The first-order chi connectivity index (χ1) is 14.3. The third-order valence-corrected chi connectivity index (χ3v) is 7.52. The average molecular weight is 437 g/mol. The molecule has 164 valence electrons. The van der Waals surface area contributed by atoms with Gasteiger partial charge in [0.1, 0.15) is 12.1 Å². The lowest BCUT2D eigenvalue weighted by Crippen LogP contribution is -2.56. The number of amides is 2. The summed E-state index contributed by atoms with van der Waals surface area (Å²) in [5.74, 6) is -2.13. The first-order valence-corrected chi connectivity index (χ1v) is 11.8. The fraction of sp³-hybridized carbons (Fsp3) is 0.600. The number of ketones is 1. The van der Waals surface area contributed by atoms with Gasteiger partial charge in [-0.05, 0) is 50.3 Å². The molecule has 0 aromatic carbocycles. The van der Waals surface area contributed by atoms with Gasteiger partial charge in [0.15, 0.2) is 10.8 Å². The minimum Gasteiger partial charge on any atom is -0.368 e. The Morgan fingerprint density at radius 2 is 1.87 bits per heavy atom. The number of carbonyl (C=O) groups excluding carboxylic acids is 3. The Balaban J connectivity index is 1.98. The Labute approximate surface area is 176 Å². The standard InChI is InChI=1S/C20H28N4O5S/c21-20(27)18-19(26)15(9-6-12-23-18)24(17(25)13-14-7-2-1-3-8-14)30(28,29)16-10-4-5-11-22-16/h4-5,10-11,14-15,18,23H,1-3,6-9,12-13H2,(H2,21,27)/t15-,18-/m0/s1. The first-order valence-electron chi connectivity index (χ1n) is 10.4. The lowest BCUT2D eigenvalue weighted by molar-refractivity contribution is -0.138. The predicted molar refractivity (Wildman–Crippen MR) is 108 cm³/mol. The molecular formula is C20H28N4O5S. The van der Waals surface area contributed by atoms with Crippen molar-refractivity contribution >= 4 is 27.6 Å². The highest BCUT2D eigenvalue weighted by atomic mass is 32.2. The normalized spacial score (nSPS) is 23.5. The molecule has 0 spiro atoms. The van der Waals surface area contributed by atoms with Gasteiger partial charge in [-0.15, -0.1) is 0 Å².